The van der Waals surface area contributed by atoms with Crippen LogP contribution in [0.4, 0.5) is 5.69 Å². The molecule has 0 aliphatic carbocycles. The van der Waals surface area contributed by atoms with Crippen molar-refractivity contribution in [1.82, 2.24) is 4.72 Å². The highest BCUT2D eigenvalue weighted by molar-refractivity contribution is 8.00. The van der Waals surface area contributed by atoms with E-state index in [0.717, 1.165) is 12.8 Å². The summed E-state index contributed by atoms with van der Waals surface area (Å²) >= 11 is 1.71. The molecule has 1 aromatic carbocycles. The van der Waals surface area contributed by atoms with E-state index >= 15 is 0 Å². The van der Waals surface area contributed by atoms with Crippen molar-refractivity contribution >= 4 is 27.5 Å². The van der Waals surface area contributed by atoms with Crippen molar-refractivity contribution in [2.75, 3.05) is 18.5 Å². The number of hydrogen-bond acceptors (Lipinski definition) is 4. The average molecular weight is 316 g/mol. The van der Waals surface area contributed by atoms with E-state index in [4.69, 9.17) is 5.73 Å². The average Bonchev–Trinajstić information content (AvgIpc) is 2.40. The van der Waals surface area contributed by atoms with Gasteiger partial charge in [-0.15, -0.1) is 0 Å². The van der Waals surface area contributed by atoms with Crippen LogP contribution in [-0.2, 0) is 10.0 Å². The van der Waals surface area contributed by atoms with E-state index in [0.29, 0.717) is 22.7 Å². The number of anilines is 1. The van der Waals surface area contributed by atoms with Gasteiger partial charge in [0.25, 0.3) is 0 Å². The molecular weight excluding hydrogens is 292 g/mol. The molecule has 20 heavy (non-hydrogen) atoms. The Balaban J connectivity index is 2.96. The van der Waals surface area contributed by atoms with Gasteiger partial charge in [0.2, 0.25) is 10.0 Å². The molecular formula is C14H24N2O2S2. The van der Waals surface area contributed by atoms with Gasteiger partial charge in [0.1, 0.15) is 0 Å². The topological polar surface area (TPSA) is 72.2 Å². The van der Waals surface area contributed by atoms with Crippen LogP contribution in [-0.4, -0.2) is 26.0 Å². The Bertz CT molecular complexity index is 544. The first-order valence-corrected chi connectivity index (χ1v) is 9.42. The molecule has 6 heteroatoms. The molecule has 0 bridgehead atoms. The molecule has 0 saturated carbocycles. The molecule has 0 fully saturated rings. The second kappa shape index (κ2) is 6.83. The van der Waals surface area contributed by atoms with Crippen LogP contribution in [0.15, 0.2) is 23.1 Å². The maximum Gasteiger partial charge on any atom is 0.240 e. The van der Waals surface area contributed by atoms with Crippen LogP contribution in [0.2, 0.25) is 0 Å². The summed E-state index contributed by atoms with van der Waals surface area (Å²) in [7, 11) is -3.49. The fraction of sp³-hybridized carbons (Fsp3) is 0.571. The van der Waals surface area contributed by atoms with E-state index in [1.807, 2.05) is 6.26 Å². The predicted octanol–water partition coefficient (Wildman–Crippen LogP) is 2.78. The van der Waals surface area contributed by atoms with Gasteiger partial charge in [0.15, 0.2) is 0 Å². The van der Waals surface area contributed by atoms with Gasteiger partial charge < -0.3 is 5.73 Å². The Hall–Kier alpha value is -0.720. The Kier molecular flexibility index (Phi) is 5.91. The van der Waals surface area contributed by atoms with Crippen LogP contribution >= 0.6 is 11.8 Å². The van der Waals surface area contributed by atoms with Gasteiger partial charge in [-0.3, -0.25) is 0 Å². The van der Waals surface area contributed by atoms with Gasteiger partial charge in [-0.2, -0.15) is 11.8 Å². The molecule has 3 N–H and O–H groups in total. The highest BCUT2D eigenvalue weighted by Gasteiger charge is 2.28. The first-order valence-electron chi connectivity index (χ1n) is 6.71. The van der Waals surface area contributed by atoms with Gasteiger partial charge in [-0.1, -0.05) is 13.8 Å². The Labute approximate surface area is 126 Å². The molecule has 0 aliphatic rings. The minimum Gasteiger partial charge on any atom is -0.399 e. The molecule has 0 unspecified atom stereocenters. The zero-order valence-corrected chi connectivity index (χ0v) is 14.2. The Morgan fingerprint density at radius 3 is 2.35 bits per heavy atom. The lowest BCUT2D eigenvalue weighted by atomic mass is 10.0. The van der Waals surface area contributed by atoms with Gasteiger partial charge in [0, 0.05) is 17.0 Å². The van der Waals surface area contributed by atoms with Gasteiger partial charge in [-0.05, 0) is 49.8 Å². The molecule has 1 aromatic rings. The van der Waals surface area contributed by atoms with Crippen molar-refractivity contribution in [2.24, 2.45) is 0 Å². The Morgan fingerprint density at radius 1 is 1.30 bits per heavy atom. The van der Waals surface area contributed by atoms with Crippen molar-refractivity contribution in [2.45, 2.75) is 43.3 Å². The molecule has 0 amide bonds. The molecule has 0 radical (unpaired) electrons. The minimum absolute atomic E-state index is 0.0468. The number of sulfonamides is 1. The number of thioether (sulfide) groups is 1. The fourth-order valence-corrected chi connectivity index (χ4v) is 4.38. The molecule has 0 spiro atoms. The molecule has 0 aromatic heterocycles. The number of benzene rings is 1. The predicted molar refractivity (Wildman–Crippen MR) is 87.6 cm³/mol. The third kappa shape index (κ3) is 3.90. The molecule has 1 rings (SSSR count). The zero-order chi connectivity index (χ0) is 15.4. The first-order chi connectivity index (χ1) is 9.30. The summed E-state index contributed by atoms with van der Waals surface area (Å²) in [4.78, 5) is 0.300. The summed E-state index contributed by atoms with van der Waals surface area (Å²) in [6.07, 6.45) is 3.87. The standard InChI is InChI=1S/C14H24N2O2S2/c1-5-14(6-2,19-4)10-16-20(17,18)13-8-7-12(15)9-11(13)3/h7-9,16H,5-6,10,15H2,1-4H3. The van der Waals surface area contributed by atoms with Gasteiger partial charge >= 0.3 is 0 Å². The van der Waals surface area contributed by atoms with E-state index in [1.165, 1.54) is 0 Å². The van der Waals surface area contributed by atoms with Crippen LogP contribution in [0, 0.1) is 6.92 Å². The first kappa shape index (κ1) is 17.3. The summed E-state index contributed by atoms with van der Waals surface area (Å²) in [5.74, 6) is 0. The number of hydrogen-bond donors (Lipinski definition) is 2. The summed E-state index contributed by atoms with van der Waals surface area (Å²) < 4.78 is 27.5. The quantitative estimate of drug-likeness (QED) is 0.759. The van der Waals surface area contributed by atoms with E-state index in [1.54, 1.807) is 36.9 Å². The van der Waals surface area contributed by atoms with E-state index in [2.05, 4.69) is 18.6 Å². The van der Waals surface area contributed by atoms with Crippen LogP contribution in [0.5, 0.6) is 0 Å². The molecule has 4 nitrogen and oxygen atoms in total. The second-order valence-corrected chi connectivity index (χ2v) is 7.95. The lowest BCUT2D eigenvalue weighted by Crippen LogP contribution is -2.39. The van der Waals surface area contributed by atoms with Gasteiger partial charge in [0.05, 0.1) is 4.90 Å². The van der Waals surface area contributed by atoms with Crippen LogP contribution < -0.4 is 10.5 Å². The minimum atomic E-state index is -3.49. The highest BCUT2D eigenvalue weighted by Crippen LogP contribution is 2.30. The fourth-order valence-electron chi connectivity index (χ4n) is 2.14. The molecule has 0 heterocycles. The molecule has 0 saturated heterocycles. The number of rotatable bonds is 7. The summed E-state index contributed by atoms with van der Waals surface area (Å²) in [6.45, 7) is 6.37. The maximum absolute atomic E-state index is 12.4. The largest absolute Gasteiger partial charge is 0.399 e. The van der Waals surface area contributed by atoms with Crippen LogP contribution in [0.25, 0.3) is 0 Å². The van der Waals surface area contributed by atoms with Crippen molar-refractivity contribution in [3.05, 3.63) is 23.8 Å². The lowest BCUT2D eigenvalue weighted by Gasteiger charge is -2.29. The van der Waals surface area contributed by atoms with Crippen molar-refractivity contribution in [3.63, 3.8) is 0 Å². The van der Waals surface area contributed by atoms with Crippen molar-refractivity contribution in [1.29, 1.82) is 0 Å². The smallest absolute Gasteiger partial charge is 0.240 e. The van der Waals surface area contributed by atoms with Crippen molar-refractivity contribution < 1.29 is 8.42 Å². The normalized spacial score (nSPS) is 12.6. The van der Waals surface area contributed by atoms with E-state index in [9.17, 15) is 8.42 Å². The van der Waals surface area contributed by atoms with Gasteiger partial charge in [-0.25, -0.2) is 13.1 Å². The third-order valence-electron chi connectivity index (χ3n) is 3.79. The highest BCUT2D eigenvalue weighted by atomic mass is 32.2. The lowest BCUT2D eigenvalue weighted by molar-refractivity contribution is 0.522. The monoisotopic (exact) mass is 316 g/mol. The summed E-state index contributed by atoms with van der Waals surface area (Å²) in [5, 5.41) is 0. The summed E-state index contributed by atoms with van der Waals surface area (Å²) in [5.41, 5.74) is 6.90. The maximum atomic E-state index is 12.4. The van der Waals surface area contributed by atoms with Crippen molar-refractivity contribution in [3.8, 4) is 0 Å². The van der Waals surface area contributed by atoms with E-state index in [-0.39, 0.29) is 4.75 Å². The summed E-state index contributed by atoms with van der Waals surface area (Å²) in [6, 6.07) is 4.85. The molecule has 114 valence electrons. The Morgan fingerprint density at radius 2 is 1.90 bits per heavy atom. The number of nitrogen functional groups attached to an aromatic ring is 1. The number of nitrogens with two attached hydrogens (primary N) is 1. The van der Waals surface area contributed by atoms with E-state index < -0.39 is 10.0 Å². The number of aryl methyl sites for hydroxylation is 1. The number of nitrogens with one attached hydrogen (secondary N) is 1. The molecule has 0 atom stereocenters. The SMILES string of the molecule is CCC(CC)(CNS(=O)(=O)c1ccc(N)cc1C)SC. The second-order valence-electron chi connectivity index (χ2n) is 4.94. The van der Waals surface area contributed by atoms with Crippen LogP contribution in [0.3, 0.4) is 0 Å². The van der Waals surface area contributed by atoms with Crippen LogP contribution in [0.1, 0.15) is 32.3 Å². The zero-order valence-electron chi connectivity index (χ0n) is 12.6. The third-order valence-corrected chi connectivity index (χ3v) is 6.94. The molecule has 0 aliphatic heterocycles.